The minimum atomic E-state index is -0.514. The molecule has 1 saturated heterocycles. The summed E-state index contributed by atoms with van der Waals surface area (Å²) in [6, 6.07) is 5.62. The zero-order valence-corrected chi connectivity index (χ0v) is 12.4. The number of fused-ring (bicyclic) bond motifs is 1. The Kier molecular flexibility index (Phi) is 3.01. The van der Waals surface area contributed by atoms with Crippen LogP contribution in [0.1, 0.15) is 38.8 Å². The van der Waals surface area contributed by atoms with Crippen LogP contribution in [-0.2, 0) is 4.79 Å². The molecular weight excluding hydrogens is 250 g/mol. The van der Waals surface area contributed by atoms with Crippen molar-refractivity contribution in [1.82, 2.24) is 0 Å². The number of carbonyl (C=O) groups is 1. The molecule has 2 aliphatic heterocycles. The van der Waals surface area contributed by atoms with Crippen LogP contribution in [0.5, 0.6) is 0 Å². The second-order valence-corrected chi connectivity index (χ2v) is 7.04. The van der Waals surface area contributed by atoms with Gasteiger partial charge in [-0.2, -0.15) is 0 Å². The third-order valence-corrected chi connectivity index (χ3v) is 4.69. The molecule has 2 heterocycles. The van der Waals surface area contributed by atoms with Crippen LogP contribution in [0.15, 0.2) is 18.2 Å². The second kappa shape index (κ2) is 4.48. The van der Waals surface area contributed by atoms with Crippen LogP contribution >= 0.6 is 0 Å². The van der Waals surface area contributed by atoms with Gasteiger partial charge < -0.3 is 16.0 Å². The number of rotatable bonds is 1. The van der Waals surface area contributed by atoms with Crippen molar-refractivity contribution in [2.45, 2.75) is 33.2 Å². The van der Waals surface area contributed by atoms with Crippen molar-refractivity contribution >= 4 is 17.3 Å². The molecule has 3 N–H and O–H groups in total. The molecule has 2 unspecified atom stereocenters. The molecule has 0 aliphatic carbocycles. The van der Waals surface area contributed by atoms with Crippen LogP contribution in [0.25, 0.3) is 0 Å². The minimum Gasteiger partial charge on any atom is -0.371 e. The predicted molar refractivity (Wildman–Crippen MR) is 81.8 cm³/mol. The van der Waals surface area contributed by atoms with Crippen molar-refractivity contribution in [2.75, 3.05) is 23.3 Å². The van der Waals surface area contributed by atoms with Crippen LogP contribution in [0.3, 0.4) is 0 Å². The van der Waals surface area contributed by atoms with Gasteiger partial charge in [0.05, 0.1) is 0 Å². The topological polar surface area (TPSA) is 58.4 Å². The molecule has 20 heavy (non-hydrogen) atoms. The lowest BCUT2D eigenvalue weighted by Gasteiger charge is -2.27. The number of nitrogens with one attached hydrogen (secondary N) is 1. The molecule has 0 aromatic heterocycles. The van der Waals surface area contributed by atoms with E-state index < -0.39 is 6.04 Å². The van der Waals surface area contributed by atoms with Gasteiger partial charge in [0.2, 0.25) is 5.91 Å². The van der Waals surface area contributed by atoms with E-state index in [1.807, 2.05) is 6.07 Å². The first-order valence-electron chi connectivity index (χ1n) is 7.31. The van der Waals surface area contributed by atoms with E-state index in [9.17, 15) is 4.79 Å². The summed E-state index contributed by atoms with van der Waals surface area (Å²) in [7, 11) is 0. The summed E-state index contributed by atoms with van der Waals surface area (Å²) in [6.45, 7) is 9.10. The lowest BCUT2D eigenvalue weighted by molar-refractivity contribution is -0.116. The maximum absolute atomic E-state index is 11.6. The Bertz CT molecular complexity index is 547. The Hall–Kier alpha value is -1.55. The summed E-state index contributed by atoms with van der Waals surface area (Å²) in [6.07, 6.45) is 1.23. The van der Waals surface area contributed by atoms with Crippen molar-refractivity contribution in [3.05, 3.63) is 23.8 Å². The first-order valence-corrected chi connectivity index (χ1v) is 7.31. The SMILES string of the molecule is CC(C)(C)C1CCN(c2ccc3c(c2)NC(=O)C3N)C1. The van der Waals surface area contributed by atoms with Crippen LogP contribution in [0, 0.1) is 11.3 Å². The maximum atomic E-state index is 11.6. The summed E-state index contributed by atoms with van der Waals surface area (Å²) in [5.74, 6) is 0.610. The van der Waals surface area contributed by atoms with E-state index in [0.717, 1.165) is 24.3 Å². The van der Waals surface area contributed by atoms with Gasteiger partial charge in [-0.25, -0.2) is 0 Å². The highest BCUT2D eigenvalue weighted by Gasteiger charge is 2.33. The number of nitrogens with zero attached hydrogens (tertiary/aromatic N) is 1. The maximum Gasteiger partial charge on any atom is 0.245 e. The fourth-order valence-electron chi connectivity index (χ4n) is 3.17. The number of nitrogens with two attached hydrogens (primary N) is 1. The molecule has 0 spiro atoms. The van der Waals surface area contributed by atoms with E-state index in [1.165, 1.54) is 12.1 Å². The molecule has 0 saturated carbocycles. The van der Waals surface area contributed by atoms with Gasteiger partial charge in [-0.3, -0.25) is 4.79 Å². The summed E-state index contributed by atoms with van der Waals surface area (Å²) < 4.78 is 0. The van der Waals surface area contributed by atoms with Gasteiger partial charge in [0, 0.05) is 30.0 Å². The Morgan fingerprint density at radius 3 is 2.75 bits per heavy atom. The molecule has 4 heteroatoms. The van der Waals surface area contributed by atoms with Crippen molar-refractivity contribution in [2.24, 2.45) is 17.1 Å². The number of hydrogen-bond donors (Lipinski definition) is 2. The second-order valence-electron chi connectivity index (χ2n) is 7.04. The monoisotopic (exact) mass is 273 g/mol. The van der Waals surface area contributed by atoms with Gasteiger partial charge in [-0.15, -0.1) is 0 Å². The van der Waals surface area contributed by atoms with Crippen LogP contribution in [0.2, 0.25) is 0 Å². The van der Waals surface area contributed by atoms with Gasteiger partial charge in [0.15, 0.2) is 0 Å². The Morgan fingerprint density at radius 2 is 2.10 bits per heavy atom. The highest BCUT2D eigenvalue weighted by molar-refractivity contribution is 6.02. The third-order valence-electron chi connectivity index (χ3n) is 4.69. The molecule has 0 radical (unpaired) electrons. The number of anilines is 2. The normalized spacial score (nSPS) is 25.8. The van der Waals surface area contributed by atoms with E-state index in [0.29, 0.717) is 11.3 Å². The fraction of sp³-hybridized carbons (Fsp3) is 0.562. The average molecular weight is 273 g/mol. The van der Waals surface area contributed by atoms with Crippen LogP contribution in [0.4, 0.5) is 11.4 Å². The van der Waals surface area contributed by atoms with Crippen molar-refractivity contribution in [1.29, 1.82) is 0 Å². The Balaban J connectivity index is 1.81. The summed E-state index contributed by atoms with van der Waals surface area (Å²) in [5.41, 5.74) is 9.16. The first-order chi connectivity index (χ1) is 9.36. The molecule has 2 atom stereocenters. The molecule has 1 amide bonds. The summed E-state index contributed by atoms with van der Waals surface area (Å²) in [5, 5.41) is 2.86. The summed E-state index contributed by atoms with van der Waals surface area (Å²) >= 11 is 0. The highest BCUT2D eigenvalue weighted by Crippen LogP contribution is 2.38. The fourth-order valence-corrected chi connectivity index (χ4v) is 3.17. The minimum absolute atomic E-state index is 0.105. The lowest BCUT2D eigenvalue weighted by Crippen LogP contribution is -2.25. The number of carbonyl (C=O) groups excluding carboxylic acids is 1. The lowest BCUT2D eigenvalue weighted by atomic mass is 9.80. The van der Waals surface area contributed by atoms with Crippen LogP contribution < -0.4 is 16.0 Å². The number of amides is 1. The molecule has 0 bridgehead atoms. The largest absolute Gasteiger partial charge is 0.371 e. The molecule has 2 aliphatic rings. The van der Waals surface area contributed by atoms with Crippen molar-refractivity contribution in [3.8, 4) is 0 Å². The Morgan fingerprint density at radius 1 is 1.35 bits per heavy atom. The predicted octanol–water partition coefficient (Wildman–Crippen LogP) is 2.51. The van der Waals surface area contributed by atoms with Gasteiger partial charge in [0.1, 0.15) is 6.04 Å². The van der Waals surface area contributed by atoms with E-state index in [4.69, 9.17) is 5.73 Å². The van der Waals surface area contributed by atoms with Crippen LogP contribution in [-0.4, -0.2) is 19.0 Å². The van der Waals surface area contributed by atoms with Gasteiger partial charge >= 0.3 is 0 Å². The zero-order valence-electron chi connectivity index (χ0n) is 12.4. The molecule has 4 nitrogen and oxygen atoms in total. The average Bonchev–Trinajstić information content (AvgIpc) is 2.95. The molecule has 1 aromatic rings. The number of hydrogen-bond acceptors (Lipinski definition) is 3. The van der Waals surface area contributed by atoms with E-state index >= 15 is 0 Å². The van der Waals surface area contributed by atoms with E-state index in [1.54, 1.807) is 0 Å². The Labute approximate surface area is 120 Å². The number of benzene rings is 1. The quantitative estimate of drug-likeness (QED) is 0.826. The first kappa shape index (κ1) is 13.4. The third kappa shape index (κ3) is 2.18. The standard InChI is InChI=1S/C16H23N3O/c1-16(2,3)10-6-7-19(9-10)11-4-5-12-13(8-11)18-15(20)14(12)17/h4-5,8,10,14H,6-7,9,17H2,1-3H3,(H,18,20). The molecule has 3 rings (SSSR count). The van der Waals surface area contributed by atoms with E-state index in [-0.39, 0.29) is 5.91 Å². The van der Waals surface area contributed by atoms with Crippen molar-refractivity contribution < 1.29 is 4.79 Å². The summed E-state index contributed by atoms with van der Waals surface area (Å²) in [4.78, 5) is 14.0. The molecular formula is C16H23N3O. The molecule has 1 fully saturated rings. The highest BCUT2D eigenvalue weighted by atomic mass is 16.2. The van der Waals surface area contributed by atoms with Gasteiger partial charge in [0.25, 0.3) is 0 Å². The molecule has 1 aromatic carbocycles. The zero-order chi connectivity index (χ0) is 14.5. The van der Waals surface area contributed by atoms with Gasteiger partial charge in [-0.05, 0) is 29.9 Å². The van der Waals surface area contributed by atoms with E-state index in [2.05, 4.69) is 43.1 Å². The van der Waals surface area contributed by atoms with Gasteiger partial charge in [-0.1, -0.05) is 26.8 Å². The van der Waals surface area contributed by atoms with Crippen molar-refractivity contribution in [3.63, 3.8) is 0 Å². The molecule has 108 valence electrons. The smallest absolute Gasteiger partial charge is 0.245 e.